The highest BCUT2D eigenvalue weighted by atomic mass is 32.1. The van der Waals surface area contributed by atoms with Gasteiger partial charge >= 0.3 is 0 Å². The largest absolute Gasteiger partial charge is 0.867 e. The van der Waals surface area contributed by atoms with E-state index in [1.165, 1.54) is 18.2 Å². The smallest absolute Gasteiger partial charge is 0.270 e. The summed E-state index contributed by atoms with van der Waals surface area (Å²) in [5.74, 6) is -0.407. The first-order valence-corrected chi connectivity index (χ1v) is 9.29. The van der Waals surface area contributed by atoms with Crippen LogP contribution in [0, 0.1) is 24.0 Å². The topological polar surface area (TPSA) is 82.1 Å². The number of thiocarbonyl (C=S) groups is 1. The second kappa shape index (κ2) is 8.62. The third-order valence-corrected chi connectivity index (χ3v) is 4.64. The molecule has 7 heteroatoms. The number of nitrogens with zero attached hydrogens (tertiary/aromatic N) is 2. The van der Waals surface area contributed by atoms with Gasteiger partial charge in [-0.05, 0) is 42.9 Å². The molecule has 3 rings (SSSR count). The molecule has 0 amide bonds. The van der Waals surface area contributed by atoms with Crippen LogP contribution < -0.4 is 15.0 Å². The minimum Gasteiger partial charge on any atom is -0.867 e. The SMILES string of the molecule is Cc1ccc[n+](C(C(=S)Nc2ccccc2C)=C([O-])c2cccc([N+](=O)[O-])c2)c1. The number of nitrogens with one attached hydrogen (secondary N) is 1. The number of aryl methyl sites for hydroxylation is 2. The van der Waals surface area contributed by atoms with Gasteiger partial charge in [-0.2, -0.15) is 4.57 Å². The maximum Gasteiger partial charge on any atom is 0.270 e. The molecule has 29 heavy (non-hydrogen) atoms. The maximum atomic E-state index is 13.3. The Morgan fingerprint density at radius 1 is 1.07 bits per heavy atom. The number of anilines is 1. The highest BCUT2D eigenvalue weighted by Crippen LogP contribution is 2.22. The Morgan fingerprint density at radius 3 is 2.52 bits per heavy atom. The molecule has 0 aliphatic rings. The van der Waals surface area contributed by atoms with Gasteiger partial charge in [0, 0.05) is 29.4 Å². The van der Waals surface area contributed by atoms with Gasteiger partial charge < -0.3 is 10.4 Å². The molecule has 6 nitrogen and oxygen atoms in total. The number of pyridine rings is 1. The van der Waals surface area contributed by atoms with E-state index in [9.17, 15) is 15.2 Å². The van der Waals surface area contributed by atoms with Gasteiger partial charge in [0.25, 0.3) is 5.69 Å². The molecule has 1 N–H and O–H groups in total. The average Bonchev–Trinajstić information content (AvgIpc) is 2.70. The van der Waals surface area contributed by atoms with Crippen molar-refractivity contribution in [2.45, 2.75) is 13.8 Å². The van der Waals surface area contributed by atoms with Crippen LogP contribution in [0.15, 0.2) is 73.1 Å². The van der Waals surface area contributed by atoms with Crippen LogP contribution in [0.2, 0.25) is 0 Å². The van der Waals surface area contributed by atoms with Crippen LogP contribution in [0.4, 0.5) is 11.4 Å². The third kappa shape index (κ3) is 4.64. The number of para-hydroxylation sites is 1. The summed E-state index contributed by atoms with van der Waals surface area (Å²) in [5, 5.41) is 27.6. The predicted molar refractivity (Wildman–Crippen MR) is 115 cm³/mol. The number of nitro benzene ring substituents is 1. The minimum atomic E-state index is -0.528. The van der Waals surface area contributed by atoms with E-state index >= 15 is 0 Å². The molecule has 0 radical (unpaired) electrons. The van der Waals surface area contributed by atoms with Crippen molar-refractivity contribution in [3.63, 3.8) is 0 Å². The Labute approximate surface area is 173 Å². The standard InChI is InChI=1S/C22H19N3O3S/c1-15-7-6-12-24(14-15)20(22(29)23-19-11-4-3-8-16(19)2)21(26)17-9-5-10-18(13-17)25(27)28/h3-14H,1-2H3,(H-,23,26,29). The lowest BCUT2D eigenvalue weighted by molar-refractivity contribution is -0.578. The third-order valence-electron chi connectivity index (χ3n) is 4.35. The van der Waals surface area contributed by atoms with Crippen molar-refractivity contribution in [3.8, 4) is 0 Å². The Balaban J connectivity index is 2.13. The highest BCUT2D eigenvalue weighted by Gasteiger charge is 2.20. The van der Waals surface area contributed by atoms with E-state index in [1.54, 1.807) is 23.0 Å². The summed E-state index contributed by atoms with van der Waals surface area (Å²) in [6.07, 6.45) is 3.51. The number of benzene rings is 2. The van der Waals surface area contributed by atoms with Crippen molar-refractivity contribution >= 4 is 40.0 Å². The summed E-state index contributed by atoms with van der Waals surface area (Å²) in [6, 6.07) is 17.0. The molecule has 0 bridgehead atoms. The van der Waals surface area contributed by atoms with Crippen molar-refractivity contribution in [1.82, 2.24) is 0 Å². The van der Waals surface area contributed by atoms with Crippen LogP contribution >= 0.6 is 12.2 Å². The van der Waals surface area contributed by atoms with Crippen molar-refractivity contribution in [3.05, 3.63) is 99.9 Å². The second-order valence-electron chi connectivity index (χ2n) is 6.54. The predicted octanol–water partition coefficient (Wildman–Crippen LogP) is 3.62. The fourth-order valence-corrected chi connectivity index (χ4v) is 3.17. The van der Waals surface area contributed by atoms with Gasteiger partial charge in [-0.15, -0.1) is 0 Å². The van der Waals surface area contributed by atoms with Crippen LogP contribution in [0.1, 0.15) is 16.7 Å². The zero-order valence-electron chi connectivity index (χ0n) is 16.0. The number of rotatable bonds is 5. The molecule has 0 atom stereocenters. The van der Waals surface area contributed by atoms with E-state index < -0.39 is 10.7 Å². The van der Waals surface area contributed by atoms with Crippen LogP contribution in [0.5, 0.6) is 0 Å². The van der Waals surface area contributed by atoms with Crippen molar-refractivity contribution < 1.29 is 14.6 Å². The van der Waals surface area contributed by atoms with E-state index in [1.807, 2.05) is 50.2 Å². The lowest BCUT2D eigenvalue weighted by atomic mass is 10.1. The summed E-state index contributed by atoms with van der Waals surface area (Å²) < 4.78 is 1.64. The molecule has 1 aromatic heterocycles. The summed E-state index contributed by atoms with van der Waals surface area (Å²) in [7, 11) is 0. The van der Waals surface area contributed by atoms with Gasteiger partial charge in [-0.25, -0.2) is 0 Å². The molecule has 0 saturated carbocycles. The number of hydrogen-bond donors (Lipinski definition) is 1. The molecule has 2 aromatic carbocycles. The number of aromatic nitrogens is 1. The summed E-state index contributed by atoms with van der Waals surface area (Å²) >= 11 is 5.58. The summed E-state index contributed by atoms with van der Waals surface area (Å²) in [5.41, 5.74) is 2.96. The molecule has 0 aliphatic carbocycles. The Morgan fingerprint density at radius 2 is 1.83 bits per heavy atom. The van der Waals surface area contributed by atoms with Crippen molar-refractivity contribution in [1.29, 1.82) is 0 Å². The molecule has 1 heterocycles. The normalized spacial score (nSPS) is 11.5. The average molecular weight is 405 g/mol. The van der Waals surface area contributed by atoms with Gasteiger partial charge in [0.2, 0.25) is 5.70 Å². The van der Waals surface area contributed by atoms with E-state index in [4.69, 9.17) is 12.2 Å². The van der Waals surface area contributed by atoms with E-state index in [0.717, 1.165) is 16.8 Å². The first kappa shape index (κ1) is 20.2. The number of non-ortho nitro benzene ring substituents is 1. The molecular weight excluding hydrogens is 386 g/mol. The maximum absolute atomic E-state index is 13.3. The lowest BCUT2D eigenvalue weighted by Crippen LogP contribution is -2.40. The molecule has 0 unspecified atom stereocenters. The number of hydrogen-bond acceptors (Lipinski definition) is 4. The molecule has 0 fully saturated rings. The molecule has 0 saturated heterocycles. The molecule has 0 aliphatic heterocycles. The Bertz CT molecular complexity index is 1130. The zero-order chi connectivity index (χ0) is 21.0. The molecule has 3 aromatic rings. The van der Waals surface area contributed by atoms with E-state index in [-0.39, 0.29) is 21.9 Å². The quantitative estimate of drug-likeness (QED) is 0.175. The van der Waals surface area contributed by atoms with Gasteiger partial charge in [0.1, 0.15) is 0 Å². The summed E-state index contributed by atoms with van der Waals surface area (Å²) in [4.78, 5) is 10.8. The van der Waals surface area contributed by atoms with E-state index in [0.29, 0.717) is 0 Å². The van der Waals surface area contributed by atoms with Gasteiger partial charge in [0.05, 0.1) is 4.92 Å². The fourth-order valence-electron chi connectivity index (χ4n) is 2.86. The fraction of sp³-hybridized carbons (Fsp3) is 0.0909. The van der Waals surface area contributed by atoms with Crippen LogP contribution in [-0.2, 0) is 0 Å². The van der Waals surface area contributed by atoms with Gasteiger partial charge in [-0.3, -0.25) is 10.1 Å². The van der Waals surface area contributed by atoms with Crippen LogP contribution in [0.25, 0.3) is 11.5 Å². The Hall–Kier alpha value is -3.58. The first-order chi connectivity index (χ1) is 13.9. The van der Waals surface area contributed by atoms with E-state index in [2.05, 4.69) is 5.32 Å². The Kier molecular flexibility index (Phi) is 5.99. The summed E-state index contributed by atoms with van der Waals surface area (Å²) in [6.45, 7) is 3.84. The van der Waals surface area contributed by atoms with Crippen molar-refractivity contribution in [2.24, 2.45) is 0 Å². The molecular formula is C22H19N3O3S. The second-order valence-corrected chi connectivity index (χ2v) is 6.95. The van der Waals surface area contributed by atoms with Gasteiger partial charge in [0.15, 0.2) is 17.4 Å². The minimum absolute atomic E-state index is 0.151. The van der Waals surface area contributed by atoms with Crippen molar-refractivity contribution in [2.75, 3.05) is 5.32 Å². The number of nitro groups is 1. The molecule has 0 spiro atoms. The monoisotopic (exact) mass is 405 g/mol. The van der Waals surface area contributed by atoms with Crippen LogP contribution in [0.3, 0.4) is 0 Å². The first-order valence-electron chi connectivity index (χ1n) is 8.88. The lowest BCUT2D eigenvalue weighted by Gasteiger charge is -2.17. The van der Waals surface area contributed by atoms with Gasteiger partial charge in [-0.1, -0.05) is 42.5 Å². The highest BCUT2D eigenvalue weighted by molar-refractivity contribution is 7.81. The van der Waals surface area contributed by atoms with Crippen LogP contribution in [-0.4, -0.2) is 9.91 Å². The molecule has 146 valence electrons. The zero-order valence-corrected chi connectivity index (χ0v) is 16.8.